The number of rotatable bonds is 4. The van der Waals surface area contributed by atoms with Crippen molar-refractivity contribution in [2.24, 2.45) is 17.3 Å². The summed E-state index contributed by atoms with van der Waals surface area (Å²) >= 11 is 0. The highest BCUT2D eigenvalue weighted by Gasteiger charge is 2.69. The van der Waals surface area contributed by atoms with Crippen LogP contribution in [0.4, 0.5) is 0 Å². The summed E-state index contributed by atoms with van der Waals surface area (Å²) in [6, 6.07) is 18.6. The lowest BCUT2D eigenvalue weighted by atomic mass is 9.73. The van der Waals surface area contributed by atoms with E-state index in [0.717, 1.165) is 5.56 Å². The van der Waals surface area contributed by atoms with Crippen LogP contribution in [0.5, 0.6) is 0 Å². The average Bonchev–Trinajstić information content (AvgIpc) is 3.21. The van der Waals surface area contributed by atoms with Crippen molar-refractivity contribution in [2.45, 2.75) is 18.9 Å². The summed E-state index contributed by atoms with van der Waals surface area (Å²) in [5.74, 6) is -2.13. The van der Waals surface area contributed by atoms with E-state index in [0.29, 0.717) is 12.0 Å². The standard InChI is InChI=1S/C23H23NO4/c1-22(13-15-9-5-3-6-10-15)19(25)17-14-24-23(21(27)28-2,18(17)20(22)26)16-11-7-4-8-12-16/h3-12,17-18,24H,13-14H2,1-2H3/t17-,18+,22+,23+/m1/s1. The number of esters is 1. The number of nitrogens with one attached hydrogen (secondary N) is 1. The SMILES string of the molecule is COC(=O)[C@@]1(c2ccccc2)NC[C@H]2C(=O)[C@](C)(Cc3ccccc3)C(=O)[C@H]21. The highest BCUT2D eigenvalue weighted by atomic mass is 16.5. The number of methoxy groups -OCH3 is 1. The zero-order valence-electron chi connectivity index (χ0n) is 16.0. The van der Waals surface area contributed by atoms with E-state index < -0.39 is 28.8 Å². The first-order valence-electron chi connectivity index (χ1n) is 9.46. The van der Waals surface area contributed by atoms with Gasteiger partial charge in [-0.15, -0.1) is 0 Å². The summed E-state index contributed by atoms with van der Waals surface area (Å²) in [5, 5.41) is 3.19. The summed E-state index contributed by atoms with van der Waals surface area (Å²) in [6.45, 7) is 2.00. The molecule has 5 heteroatoms. The number of ether oxygens (including phenoxy) is 1. The van der Waals surface area contributed by atoms with Crippen LogP contribution in [-0.2, 0) is 31.1 Å². The molecule has 1 saturated heterocycles. The maximum Gasteiger partial charge on any atom is 0.331 e. The zero-order chi connectivity index (χ0) is 19.9. The first-order valence-corrected chi connectivity index (χ1v) is 9.46. The Morgan fingerprint density at radius 2 is 1.64 bits per heavy atom. The second-order valence-corrected chi connectivity index (χ2v) is 7.85. The number of fused-ring (bicyclic) bond motifs is 1. The molecule has 0 radical (unpaired) electrons. The van der Waals surface area contributed by atoms with Gasteiger partial charge in [0.15, 0.2) is 17.1 Å². The minimum Gasteiger partial charge on any atom is -0.467 e. The molecule has 1 aliphatic carbocycles. The number of hydrogen-bond donors (Lipinski definition) is 1. The van der Waals surface area contributed by atoms with E-state index in [1.165, 1.54) is 7.11 Å². The van der Waals surface area contributed by atoms with Gasteiger partial charge >= 0.3 is 5.97 Å². The lowest BCUT2D eigenvalue weighted by Crippen LogP contribution is -2.53. The third-order valence-corrected chi connectivity index (χ3v) is 6.31. The van der Waals surface area contributed by atoms with Gasteiger partial charge in [-0.1, -0.05) is 60.7 Å². The van der Waals surface area contributed by atoms with Gasteiger partial charge in [0, 0.05) is 12.5 Å². The van der Waals surface area contributed by atoms with Crippen molar-refractivity contribution in [3.8, 4) is 0 Å². The monoisotopic (exact) mass is 377 g/mol. The molecule has 2 aliphatic rings. The first-order chi connectivity index (χ1) is 13.4. The van der Waals surface area contributed by atoms with E-state index in [4.69, 9.17) is 4.74 Å². The smallest absolute Gasteiger partial charge is 0.331 e. The topological polar surface area (TPSA) is 72.5 Å². The molecule has 0 amide bonds. The molecule has 28 heavy (non-hydrogen) atoms. The molecule has 1 heterocycles. The van der Waals surface area contributed by atoms with E-state index in [-0.39, 0.29) is 18.1 Å². The van der Waals surface area contributed by atoms with Crippen molar-refractivity contribution < 1.29 is 19.1 Å². The minimum absolute atomic E-state index is 0.0967. The first kappa shape index (κ1) is 18.6. The van der Waals surface area contributed by atoms with Crippen LogP contribution >= 0.6 is 0 Å². The van der Waals surface area contributed by atoms with Crippen LogP contribution in [0, 0.1) is 17.3 Å². The van der Waals surface area contributed by atoms with Gasteiger partial charge in [-0.3, -0.25) is 14.9 Å². The van der Waals surface area contributed by atoms with Gasteiger partial charge < -0.3 is 4.74 Å². The van der Waals surface area contributed by atoms with E-state index in [1.54, 1.807) is 19.1 Å². The van der Waals surface area contributed by atoms with Crippen LogP contribution in [0.25, 0.3) is 0 Å². The number of Topliss-reactive ketones (excluding diaryl/α,β-unsaturated/α-hetero) is 2. The van der Waals surface area contributed by atoms with Crippen LogP contribution < -0.4 is 5.32 Å². The predicted octanol–water partition coefficient (Wildman–Crippen LogP) is 2.29. The van der Waals surface area contributed by atoms with Crippen molar-refractivity contribution in [3.63, 3.8) is 0 Å². The molecule has 1 saturated carbocycles. The molecule has 2 aromatic carbocycles. The fourth-order valence-electron chi connectivity index (χ4n) is 4.94. The fraction of sp³-hybridized carbons (Fsp3) is 0.348. The van der Waals surface area contributed by atoms with Gasteiger partial charge in [-0.2, -0.15) is 0 Å². The number of ketones is 2. The molecule has 0 spiro atoms. The molecule has 5 nitrogen and oxygen atoms in total. The summed E-state index contributed by atoms with van der Waals surface area (Å²) in [7, 11) is 1.31. The van der Waals surface area contributed by atoms with Crippen molar-refractivity contribution in [3.05, 3.63) is 71.8 Å². The van der Waals surface area contributed by atoms with Crippen LogP contribution in [0.3, 0.4) is 0 Å². The summed E-state index contributed by atoms with van der Waals surface area (Å²) in [5.41, 5.74) is -0.892. The van der Waals surface area contributed by atoms with Crippen LogP contribution in [0.2, 0.25) is 0 Å². The van der Waals surface area contributed by atoms with Gasteiger partial charge in [0.25, 0.3) is 0 Å². The molecular formula is C23H23NO4. The molecule has 0 bridgehead atoms. The van der Waals surface area contributed by atoms with Gasteiger partial charge in [0.1, 0.15) is 0 Å². The Kier molecular flexibility index (Phi) is 4.42. The summed E-state index contributed by atoms with van der Waals surface area (Å²) < 4.78 is 5.11. The number of carbonyl (C=O) groups is 3. The van der Waals surface area contributed by atoms with Gasteiger partial charge in [0.2, 0.25) is 0 Å². The van der Waals surface area contributed by atoms with E-state index in [2.05, 4.69) is 5.32 Å². The normalized spacial score (nSPS) is 31.6. The maximum absolute atomic E-state index is 13.7. The minimum atomic E-state index is -1.33. The van der Waals surface area contributed by atoms with Crippen LogP contribution in [0.1, 0.15) is 18.1 Å². The molecule has 4 rings (SSSR count). The average molecular weight is 377 g/mol. The molecule has 144 valence electrons. The molecule has 4 atom stereocenters. The summed E-state index contributed by atoms with van der Waals surface area (Å²) in [6.07, 6.45) is 0.338. The van der Waals surface area contributed by atoms with E-state index >= 15 is 0 Å². The molecule has 2 fully saturated rings. The lowest BCUT2D eigenvalue weighted by Gasteiger charge is -2.33. The third kappa shape index (κ3) is 2.46. The van der Waals surface area contributed by atoms with Crippen LogP contribution in [-0.4, -0.2) is 31.2 Å². The number of carbonyl (C=O) groups excluding carboxylic acids is 3. The molecule has 1 N–H and O–H groups in total. The lowest BCUT2D eigenvalue weighted by molar-refractivity contribution is -0.153. The predicted molar refractivity (Wildman–Crippen MR) is 103 cm³/mol. The van der Waals surface area contributed by atoms with Crippen molar-refractivity contribution >= 4 is 17.5 Å². The number of hydrogen-bond acceptors (Lipinski definition) is 5. The Labute approximate surface area is 164 Å². The Hall–Kier alpha value is -2.79. The molecule has 1 aliphatic heterocycles. The van der Waals surface area contributed by atoms with Crippen molar-refractivity contribution in [1.82, 2.24) is 5.32 Å². The van der Waals surface area contributed by atoms with Gasteiger partial charge in [-0.25, -0.2) is 4.79 Å². The Morgan fingerprint density at radius 3 is 2.25 bits per heavy atom. The summed E-state index contributed by atoms with van der Waals surface area (Å²) in [4.78, 5) is 40.0. The molecular weight excluding hydrogens is 354 g/mol. The number of benzene rings is 2. The third-order valence-electron chi connectivity index (χ3n) is 6.31. The highest BCUT2D eigenvalue weighted by Crippen LogP contribution is 2.52. The second kappa shape index (κ2) is 6.67. The Balaban J connectivity index is 1.80. The van der Waals surface area contributed by atoms with Gasteiger partial charge in [0.05, 0.1) is 18.4 Å². The maximum atomic E-state index is 13.7. The van der Waals surface area contributed by atoms with E-state index in [9.17, 15) is 14.4 Å². The van der Waals surface area contributed by atoms with Crippen molar-refractivity contribution in [1.29, 1.82) is 0 Å². The zero-order valence-corrected chi connectivity index (χ0v) is 16.0. The Bertz CT molecular complexity index is 926. The molecule has 2 aromatic rings. The van der Waals surface area contributed by atoms with E-state index in [1.807, 2.05) is 48.5 Å². The largest absolute Gasteiger partial charge is 0.467 e. The quantitative estimate of drug-likeness (QED) is 0.654. The molecule has 0 aromatic heterocycles. The van der Waals surface area contributed by atoms with Crippen molar-refractivity contribution in [2.75, 3.05) is 13.7 Å². The molecule has 0 unspecified atom stereocenters. The fourth-order valence-corrected chi connectivity index (χ4v) is 4.94. The second-order valence-electron chi connectivity index (χ2n) is 7.85. The Morgan fingerprint density at radius 1 is 1.04 bits per heavy atom. The highest BCUT2D eigenvalue weighted by molar-refractivity contribution is 6.18. The van der Waals surface area contributed by atoms with Crippen LogP contribution in [0.15, 0.2) is 60.7 Å². The van der Waals surface area contributed by atoms with Gasteiger partial charge in [-0.05, 0) is 24.5 Å².